The minimum atomic E-state index is -0.841. The number of aldehydes is 1. The normalized spacial score (nSPS) is 17.9. The fourth-order valence-electron chi connectivity index (χ4n) is 14.9. The van der Waals surface area contributed by atoms with Crippen molar-refractivity contribution in [1.29, 1.82) is 0 Å². The molecular formula is C85H124BClLiN18NaO18. The number of aryl methyl sites for hydroxylation is 6. The molecule has 2 radical (unpaired) electrons. The second kappa shape index (κ2) is 58.9. The number of hydrogen-bond donors (Lipinski definition) is 8. The number of hydrogen-bond acceptors (Lipinski definition) is 30. The zero-order valence-corrected chi connectivity index (χ0v) is 77.3. The predicted molar refractivity (Wildman–Crippen MR) is 462 cm³/mol. The molecule has 0 aromatic carbocycles. The molecule has 674 valence electrons. The Labute approximate surface area is 773 Å². The fraction of sp³-hybridized carbons (Fsp3) is 0.565. The summed E-state index contributed by atoms with van der Waals surface area (Å²) in [7, 11) is 0.699. The first-order valence-electron chi connectivity index (χ1n) is 41.5. The van der Waals surface area contributed by atoms with Crippen molar-refractivity contribution in [3.63, 3.8) is 0 Å². The second-order valence-electron chi connectivity index (χ2n) is 30.6. The molecule has 0 saturated carbocycles. The summed E-state index contributed by atoms with van der Waals surface area (Å²) in [5.74, 6) is 1.79. The van der Waals surface area contributed by atoms with Crippen molar-refractivity contribution in [2.24, 2.45) is 5.73 Å². The van der Waals surface area contributed by atoms with Crippen LogP contribution in [0.4, 0.5) is 17.5 Å². The molecule has 36 nitrogen and oxygen atoms in total. The van der Waals surface area contributed by atoms with Crippen molar-refractivity contribution in [2.45, 2.75) is 259 Å². The number of rotatable bonds is 32. The van der Waals surface area contributed by atoms with E-state index in [-0.39, 0.29) is 168 Å². The molecule has 3 saturated heterocycles. The molecule has 12 rings (SSSR count). The number of anilines is 3. The largest absolute Gasteiger partial charge is 1.00 e. The Hall–Kier alpha value is -9.26. The zero-order valence-electron chi connectivity index (χ0n) is 74.5. The first-order chi connectivity index (χ1) is 57.5. The number of carboxylic acids is 2. The van der Waals surface area contributed by atoms with Crippen molar-refractivity contribution in [3.8, 4) is 0 Å². The maximum absolute atomic E-state index is 13.2. The van der Waals surface area contributed by atoms with E-state index >= 15 is 0 Å². The summed E-state index contributed by atoms with van der Waals surface area (Å²) in [6, 6.07) is 11.8. The van der Waals surface area contributed by atoms with Gasteiger partial charge in [-0.2, -0.15) is 0 Å². The van der Waals surface area contributed by atoms with Gasteiger partial charge in [-0.1, -0.05) is 18.2 Å². The summed E-state index contributed by atoms with van der Waals surface area (Å²) in [4.78, 5) is 158. The van der Waals surface area contributed by atoms with Gasteiger partial charge in [0.05, 0.1) is 62.0 Å². The summed E-state index contributed by atoms with van der Waals surface area (Å²) < 4.78 is 18.6. The summed E-state index contributed by atoms with van der Waals surface area (Å²) in [5.41, 5.74) is 14.6. The first-order valence-corrected chi connectivity index (χ1v) is 41.5. The van der Waals surface area contributed by atoms with Gasteiger partial charge in [-0.3, -0.25) is 47.9 Å². The summed E-state index contributed by atoms with van der Waals surface area (Å²) in [6.07, 6.45) is 25.3. The van der Waals surface area contributed by atoms with E-state index < -0.39 is 23.9 Å². The maximum Gasteiger partial charge on any atom is 1.00 e. The van der Waals surface area contributed by atoms with Gasteiger partial charge in [-0.15, -0.1) is 12.4 Å². The van der Waals surface area contributed by atoms with Crippen molar-refractivity contribution in [2.75, 3.05) is 68.4 Å². The Morgan fingerprint density at radius 2 is 0.872 bits per heavy atom. The number of carbonyl (C=O) groups excluding carboxylic acids is 8. The summed E-state index contributed by atoms with van der Waals surface area (Å²) in [6.45, 7) is 25.4. The number of nitrogens with one attached hydrogen (secondary N) is 5. The van der Waals surface area contributed by atoms with Crippen LogP contribution in [0.3, 0.4) is 0 Å². The van der Waals surface area contributed by atoms with Gasteiger partial charge in [0.1, 0.15) is 48.3 Å². The van der Waals surface area contributed by atoms with Gasteiger partial charge < -0.3 is 87.0 Å². The zero-order chi connectivity index (χ0) is 87.2. The van der Waals surface area contributed by atoms with Crippen LogP contribution in [-0.2, 0) is 94.3 Å². The number of fused-ring (bicyclic) bond motifs is 3. The van der Waals surface area contributed by atoms with E-state index in [1.807, 2.05) is 54.5 Å². The van der Waals surface area contributed by atoms with Crippen LogP contribution in [0, 0.1) is 20.8 Å². The average molecular weight is 1760 g/mol. The number of aliphatic carboxylic acids is 2. The predicted octanol–water partition coefficient (Wildman–Crippen LogP) is 1.76. The SMILES string of the molecule is CC(=O)O.CC(=O)O[B-]OC(C)=O.CCOC(=O)C[C@H](CCCN1C(=O)[C@@H](N)C[C@H]1C)c1cnc(C)nc1.CCOC(=O)C[C@H](CCCN1C(=O)[C@@H](NCc2ccc3c(n2)NCCC3)C[C@H]1C)c1cnc(C)nc1.Cc1ncc([C@@H](CCCN2C(=O)[C@@H](NCc3ccc4c(n3)NCCC4)C[C@H]2C)CC(=O)O)cn1.Cl.O.O=Cc1ccc2c(n1)NCCC2.[Li+].[Na+].[OH-]. The number of nitrogens with zero attached hydrogens (tertiary/aromatic N) is 12. The number of ether oxygens (including phenoxy) is 2. The van der Waals surface area contributed by atoms with E-state index in [1.54, 1.807) is 57.1 Å². The van der Waals surface area contributed by atoms with Crippen LogP contribution in [0.2, 0.25) is 0 Å². The van der Waals surface area contributed by atoms with Gasteiger partial charge in [0, 0.05) is 128 Å². The van der Waals surface area contributed by atoms with Gasteiger partial charge in [-0.25, -0.2) is 44.9 Å². The molecular weight excluding hydrogens is 1640 g/mol. The van der Waals surface area contributed by atoms with E-state index in [0.29, 0.717) is 96.1 Å². The smallest absolute Gasteiger partial charge is 0.870 e. The Kier molecular flexibility index (Phi) is 52.7. The van der Waals surface area contributed by atoms with Crippen LogP contribution in [0.25, 0.3) is 0 Å². The Balaban J connectivity index is 0.000000552. The summed E-state index contributed by atoms with van der Waals surface area (Å²) in [5, 5.41) is 33.5. The average Bonchev–Trinajstić information content (AvgIpc) is 1.73. The standard InChI is InChI=1S/C27H38N6O3.C25H34N6O3.C18H28N4O3.C9H10N2O.C4H6BO4.C2H4O2.ClH.Li.Na.2H2O/c1-4-36-25(34)14-21(22-15-29-19(3)30-16-22)8-6-12-33-18(2)13-24(27(33)35)31-17-23-10-9-20-7-5-11-28-26(20)32-23;1-16-11-22(29-15-21-8-7-18-5-3-9-26-24(18)30-21)25(34)31(16)10-4-6-19(12-23(32)33)20-13-27-17(2)28-14-20;1-4-25-17(23)9-14(15-10-20-13(3)21-11-15)6-5-7-22-12(2)8-16(19)18(22)24;12-6-8-4-3-7-2-1-5-10-9(7)11-8;1-3(6)8-5-9-4(2)7;1-2(3)4;;;;;/h9-10,15-16,18,21,24,31H,4-8,11-14,17H2,1-3H3,(H,28,32);7-8,13-14,16,19,22,29H,3-6,9-12,15H2,1-2H3,(H,26,30)(H,32,33);10-12,14,16H,4-9,19H2,1-3H3;3-4,6H,1-2,5H2,(H,10,11);1-2H3;1H3,(H,3,4);1H;;;2*1H2/q;;;;-1;;;2*+1;;/p-1/t18-,21+,24+;16-,19+,22+;12-,14+,16+;;;;;;;;/m111......../s1. The number of amides is 3. The molecule has 0 spiro atoms. The molecule has 12 heterocycles. The van der Waals surface area contributed by atoms with E-state index in [9.17, 15) is 48.3 Å². The van der Waals surface area contributed by atoms with Gasteiger partial charge in [0.2, 0.25) is 17.7 Å². The van der Waals surface area contributed by atoms with Crippen molar-refractivity contribution in [3.05, 3.63) is 142 Å². The third-order valence-electron chi connectivity index (χ3n) is 21.1. The van der Waals surface area contributed by atoms with Crippen LogP contribution in [0.15, 0.2) is 73.6 Å². The molecule has 0 aliphatic carbocycles. The third-order valence-corrected chi connectivity index (χ3v) is 21.1. The topological polar surface area (TPSA) is 521 Å². The third kappa shape index (κ3) is 38.5. The van der Waals surface area contributed by atoms with Crippen LogP contribution < -0.4 is 80.7 Å². The van der Waals surface area contributed by atoms with E-state index in [2.05, 4.69) is 103 Å². The quantitative estimate of drug-likeness (QED) is 0.0169. The van der Waals surface area contributed by atoms with Gasteiger partial charge in [-0.05, 0) is 221 Å². The molecule has 40 heteroatoms. The van der Waals surface area contributed by atoms with E-state index in [1.165, 1.54) is 30.5 Å². The number of carbonyl (C=O) groups is 10. The number of esters is 2. The van der Waals surface area contributed by atoms with Crippen LogP contribution in [0.5, 0.6) is 0 Å². The minimum absolute atomic E-state index is 0. The molecule has 3 fully saturated rings. The molecule has 6 aromatic heterocycles. The van der Waals surface area contributed by atoms with Gasteiger partial charge >= 0.3 is 66.3 Å². The van der Waals surface area contributed by atoms with Crippen molar-refractivity contribution < 1.29 is 136 Å². The second-order valence-corrected chi connectivity index (χ2v) is 30.6. The minimum Gasteiger partial charge on any atom is -0.870 e. The molecule has 0 unspecified atom stereocenters. The van der Waals surface area contributed by atoms with Crippen molar-refractivity contribution >= 4 is 97.4 Å². The number of nitrogens with two attached hydrogens (primary N) is 1. The van der Waals surface area contributed by atoms with Gasteiger partial charge in [0.15, 0.2) is 6.29 Å². The van der Waals surface area contributed by atoms with Crippen molar-refractivity contribution in [1.82, 2.24) is 70.2 Å². The number of halogens is 1. The van der Waals surface area contributed by atoms with E-state index in [4.69, 9.17) is 35.1 Å². The maximum atomic E-state index is 13.2. The molecule has 9 atom stereocenters. The summed E-state index contributed by atoms with van der Waals surface area (Å²) >= 11 is 0. The van der Waals surface area contributed by atoms with E-state index in [0.717, 1.165) is 162 Å². The molecule has 125 heavy (non-hydrogen) atoms. The molecule has 12 N–H and O–H groups in total. The first kappa shape index (κ1) is 112. The number of carboxylic acid groups (broad SMARTS) is 2. The van der Waals surface area contributed by atoms with Gasteiger partial charge in [0.25, 0.3) is 17.9 Å². The number of likely N-dealkylation sites (tertiary alicyclic amines) is 3. The molecule has 6 aromatic rings. The van der Waals surface area contributed by atoms with Crippen LogP contribution in [-0.4, -0.2) is 237 Å². The molecule has 6 aliphatic rings. The Bertz CT molecular complexity index is 4340. The van der Waals surface area contributed by atoms with Crippen LogP contribution >= 0.6 is 12.4 Å². The number of pyridine rings is 3. The molecule has 3 amide bonds. The number of aromatic nitrogens is 9. The Morgan fingerprint density at radius 1 is 0.544 bits per heavy atom. The molecule has 6 aliphatic heterocycles. The Morgan fingerprint density at radius 3 is 1.19 bits per heavy atom. The fourth-order valence-corrected chi connectivity index (χ4v) is 14.9. The molecule has 0 bridgehead atoms. The monoisotopic (exact) mass is 1760 g/mol. The van der Waals surface area contributed by atoms with Crippen LogP contribution in [0.1, 0.15) is 242 Å².